The van der Waals surface area contributed by atoms with Gasteiger partial charge in [-0.1, -0.05) is 6.08 Å². The monoisotopic (exact) mass is 353 g/mol. The number of nitrogens with zero attached hydrogens (tertiary/aromatic N) is 3. The second-order valence-electron chi connectivity index (χ2n) is 6.89. The number of Topliss-reactive ketones (excluding diaryl/α,β-unsaturated/α-hetero) is 1. The van der Waals surface area contributed by atoms with Gasteiger partial charge in [0.25, 0.3) is 0 Å². The van der Waals surface area contributed by atoms with Crippen molar-refractivity contribution in [2.75, 3.05) is 37.6 Å². The van der Waals surface area contributed by atoms with Crippen molar-refractivity contribution in [1.82, 2.24) is 9.47 Å². The van der Waals surface area contributed by atoms with E-state index >= 15 is 0 Å². The highest BCUT2D eigenvalue weighted by Gasteiger charge is 2.22. The minimum atomic E-state index is 0.187. The number of anilines is 1. The van der Waals surface area contributed by atoms with Crippen LogP contribution in [0.4, 0.5) is 5.69 Å². The van der Waals surface area contributed by atoms with Gasteiger partial charge in [0, 0.05) is 55.4 Å². The molecule has 138 valence electrons. The van der Waals surface area contributed by atoms with Crippen LogP contribution in [-0.2, 0) is 6.54 Å². The van der Waals surface area contributed by atoms with Crippen molar-refractivity contribution >= 4 is 11.5 Å². The maximum absolute atomic E-state index is 12.8. The van der Waals surface area contributed by atoms with Crippen LogP contribution >= 0.6 is 0 Å². The fourth-order valence-electron chi connectivity index (χ4n) is 3.61. The van der Waals surface area contributed by atoms with Crippen molar-refractivity contribution in [3.05, 3.63) is 59.9 Å². The Morgan fingerprint density at radius 1 is 1.15 bits per heavy atom. The summed E-state index contributed by atoms with van der Waals surface area (Å²) in [4.78, 5) is 17.3. The lowest BCUT2D eigenvalue weighted by Crippen LogP contribution is -2.48. The van der Waals surface area contributed by atoms with Crippen LogP contribution in [0, 0.1) is 13.8 Å². The normalized spacial score (nSPS) is 15.2. The Kier molecular flexibility index (Phi) is 5.47. The number of phenolic OH excluding ortho intramolecular Hbond substituents is 1. The lowest BCUT2D eigenvalue weighted by atomic mass is 10.1. The second-order valence-corrected chi connectivity index (χ2v) is 6.89. The molecular formula is C21H27N3O2. The highest BCUT2D eigenvalue weighted by Crippen LogP contribution is 2.20. The van der Waals surface area contributed by atoms with Gasteiger partial charge in [-0.2, -0.15) is 0 Å². The standard InChI is InChI=1S/C21H27N3O2/c1-4-9-24-16(2)14-20(17(24)3)21(26)15-22-10-12-23(13-11-22)18-5-7-19(25)8-6-18/h4-8,14,25H,1,9-13,15H2,2-3H3. The molecule has 0 bridgehead atoms. The minimum absolute atomic E-state index is 0.187. The van der Waals surface area contributed by atoms with Crippen molar-refractivity contribution in [3.8, 4) is 5.75 Å². The summed E-state index contributed by atoms with van der Waals surface area (Å²) in [5, 5.41) is 9.41. The molecule has 1 aliphatic heterocycles. The molecular weight excluding hydrogens is 326 g/mol. The third-order valence-corrected chi connectivity index (χ3v) is 5.14. The van der Waals surface area contributed by atoms with Crippen molar-refractivity contribution < 1.29 is 9.90 Å². The summed E-state index contributed by atoms with van der Waals surface area (Å²) < 4.78 is 2.13. The van der Waals surface area contributed by atoms with Crippen molar-refractivity contribution in [3.63, 3.8) is 0 Å². The van der Waals surface area contributed by atoms with Crippen LogP contribution < -0.4 is 4.90 Å². The van der Waals surface area contributed by atoms with Crippen molar-refractivity contribution in [2.24, 2.45) is 0 Å². The molecule has 2 heterocycles. The Morgan fingerprint density at radius 2 is 1.81 bits per heavy atom. The molecule has 0 radical (unpaired) electrons. The number of benzene rings is 1. The summed E-state index contributed by atoms with van der Waals surface area (Å²) in [6, 6.07) is 9.29. The van der Waals surface area contributed by atoms with Crippen LogP contribution in [0.1, 0.15) is 21.7 Å². The number of hydrogen-bond donors (Lipinski definition) is 1. The Bertz CT molecular complexity index is 784. The van der Waals surface area contributed by atoms with Gasteiger partial charge >= 0.3 is 0 Å². The van der Waals surface area contributed by atoms with Gasteiger partial charge in [-0.3, -0.25) is 9.69 Å². The third kappa shape index (κ3) is 3.83. The quantitative estimate of drug-likeness (QED) is 0.641. The van der Waals surface area contributed by atoms with E-state index in [1.807, 2.05) is 38.1 Å². The summed E-state index contributed by atoms with van der Waals surface area (Å²) in [6.45, 7) is 12.5. The maximum Gasteiger partial charge on any atom is 0.178 e. The average Bonchev–Trinajstić information content (AvgIpc) is 2.92. The Morgan fingerprint density at radius 3 is 2.42 bits per heavy atom. The molecule has 3 rings (SSSR count). The molecule has 1 fully saturated rings. The third-order valence-electron chi connectivity index (χ3n) is 5.14. The predicted octanol–water partition coefficient (Wildman–Crippen LogP) is 3.00. The summed E-state index contributed by atoms with van der Waals surface area (Å²) >= 11 is 0. The number of allylic oxidation sites excluding steroid dienone is 1. The van der Waals surface area contributed by atoms with Crippen LogP contribution in [-0.4, -0.2) is 53.1 Å². The van der Waals surface area contributed by atoms with E-state index in [0.717, 1.165) is 55.4 Å². The number of carbonyl (C=O) groups excluding carboxylic acids is 1. The number of ketones is 1. The Labute approximate surface area is 155 Å². The summed E-state index contributed by atoms with van der Waals surface area (Å²) in [5.41, 5.74) is 4.06. The largest absolute Gasteiger partial charge is 0.508 e. The highest BCUT2D eigenvalue weighted by molar-refractivity contribution is 5.99. The maximum atomic E-state index is 12.8. The summed E-state index contributed by atoms with van der Waals surface area (Å²) in [6.07, 6.45) is 1.86. The summed E-state index contributed by atoms with van der Waals surface area (Å²) in [5.74, 6) is 0.471. The Hall–Kier alpha value is -2.53. The van der Waals surface area contributed by atoms with Crippen LogP contribution in [0.3, 0.4) is 0 Å². The number of rotatable bonds is 6. The number of aromatic hydroxyl groups is 1. The molecule has 0 spiro atoms. The topological polar surface area (TPSA) is 48.7 Å². The SMILES string of the molecule is C=CCn1c(C)cc(C(=O)CN2CCN(c3ccc(O)cc3)CC2)c1C. The molecule has 0 amide bonds. The van der Waals surface area contributed by atoms with Gasteiger partial charge in [-0.15, -0.1) is 6.58 Å². The molecule has 0 saturated carbocycles. The predicted molar refractivity (Wildman–Crippen MR) is 105 cm³/mol. The first-order valence-electron chi connectivity index (χ1n) is 9.06. The molecule has 0 aliphatic carbocycles. The number of phenols is 1. The van der Waals surface area contributed by atoms with Crippen LogP contribution in [0.15, 0.2) is 43.0 Å². The number of aromatic nitrogens is 1. The second kappa shape index (κ2) is 7.79. The van der Waals surface area contributed by atoms with Gasteiger partial charge in [0.2, 0.25) is 0 Å². The summed E-state index contributed by atoms with van der Waals surface area (Å²) in [7, 11) is 0. The first-order chi connectivity index (χ1) is 12.5. The smallest absolute Gasteiger partial charge is 0.178 e. The first kappa shape index (κ1) is 18.3. The fourth-order valence-corrected chi connectivity index (χ4v) is 3.61. The molecule has 26 heavy (non-hydrogen) atoms. The van der Waals surface area contributed by atoms with E-state index in [1.165, 1.54) is 0 Å². The van der Waals surface area contributed by atoms with Crippen molar-refractivity contribution in [1.29, 1.82) is 0 Å². The van der Waals surface area contributed by atoms with Crippen molar-refractivity contribution in [2.45, 2.75) is 20.4 Å². The molecule has 0 atom stereocenters. The molecule has 1 N–H and O–H groups in total. The van der Waals surface area contributed by atoms with Gasteiger partial charge < -0.3 is 14.6 Å². The average molecular weight is 353 g/mol. The molecule has 1 aromatic heterocycles. The molecule has 1 saturated heterocycles. The number of hydrogen-bond acceptors (Lipinski definition) is 4. The zero-order valence-electron chi connectivity index (χ0n) is 15.6. The van der Waals surface area contributed by atoms with E-state index in [9.17, 15) is 9.90 Å². The van der Waals surface area contributed by atoms with Gasteiger partial charge in [0.15, 0.2) is 5.78 Å². The number of carbonyl (C=O) groups is 1. The lowest BCUT2D eigenvalue weighted by Gasteiger charge is -2.35. The molecule has 5 nitrogen and oxygen atoms in total. The number of aryl methyl sites for hydroxylation is 1. The van der Waals surface area contributed by atoms with Crippen LogP contribution in [0.5, 0.6) is 5.75 Å². The number of piperazine rings is 1. The van der Waals surface area contributed by atoms with E-state index in [-0.39, 0.29) is 11.5 Å². The van der Waals surface area contributed by atoms with Gasteiger partial charge in [0.1, 0.15) is 5.75 Å². The van der Waals surface area contributed by atoms with E-state index in [0.29, 0.717) is 6.54 Å². The molecule has 0 unspecified atom stereocenters. The van der Waals surface area contributed by atoms with E-state index in [4.69, 9.17) is 0 Å². The Balaban J connectivity index is 1.59. The zero-order chi connectivity index (χ0) is 18.7. The lowest BCUT2D eigenvalue weighted by molar-refractivity contribution is 0.0925. The first-order valence-corrected chi connectivity index (χ1v) is 9.06. The molecule has 1 aliphatic rings. The van der Waals surface area contributed by atoms with E-state index in [2.05, 4.69) is 20.9 Å². The van der Waals surface area contributed by atoms with Gasteiger partial charge in [0.05, 0.1) is 6.54 Å². The fraction of sp³-hybridized carbons (Fsp3) is 0.381. The van der Waals surface area contributed by atoms with Gasteiger partial charge in [-0.05, 0) is 44.2 Å². The van der Waals surface area contributed by atoms with Crippen LogP contribution in [0.25, 0.3) is 0 Å². The zero-order valence-corrected chi connectivity index (χ0v) is 15.6. The highest BCUT2D eigenvalue weighted by atomic mass is 16.3. The van der Waals surface area contributed by atoms with Crippen LogP contribution in [0.2, 0.25) is 0 Å². The molecule has 1 aromatic carbocycles. The van der Waals surface area contributed by atoms with E-state index in [1.54, 1.807) is 12.1 Å². The molecule has 5 heteroatoms. The van der Waals surface area contributed by atoms with Gasteiger partial charge in [-0.25, -0.2) is 0 Å². The molecule has 2 aromatic rings. The van der Waals surface area contributed by atoms with E-state index < -0.39 is 0 Å². The minimum Gasteiger partial charge on any atom is -0.508 e.